The predicted molar refractivity (Wildman–Crippen MR) is 89.2 cm³/mol. The first-order chi connectivity index (χ1) is 10.7. The first-order valence-electron chi connectivity index (χ1n) is 7.51. The molecule has 5 heteroatoms. The topological polar surface area (TPSA) is 64.6 Å². The Labute approximate surface area is 137 Å². The number of hydrogen-bond donors (Lipinski definition) is 1. The summed E-state index contributed by atoms with van der Waals surface area (Å²) < 4.78 is 9.94. The van der Waals surface area contributed by atoms with Gasteiger partial charge in [-0.05, 0) is 38.3 Å². The van der Waals surface area contributed by atoms with E-state index in [9.17, 15) is 9.59 Å². The number of carbonyl (C=O) groups is 2. The summed E-state index contributed by atoms with van der Waals surface area (Å²) in [4.78, 5) is 23.7. The molecule has 0 heterocycles. The van der Waals surface area contributed by atoms with Crippen molar-refractivity contribution in [2.45, 2.75) is 45.3 Å². The summed E-state index contributed by atoms with van der Waals surface area (Å²) >= 11 is 0. The van der Waals surface area contributed by atoms with Gasteiger partial charge >= 0.3 is 12.1 Å². The molecule has 1 atom stereocenters. The van der Waals surface area contributed by atoms with Crippen molar-refractivity contribution < 1.29 is 19.1 Å². The van der Waals surface area contributed by atoms with Crippen LogP contribution < -0.4 is 5.32 Å². The van der Waals surface area contributed by atoms with Crippen LogP contribution in [0.4, 0.5) is 4.79 Å². The third-order valence-electron chi connectivity index (χ3n) is 3.02. The molecule has 0 aromatic heterocycles. The maximum atomic E-state index is 11.9. The number of allylic oxidation sites excluding steroid dienone is 1. The van der Waals surface area contributed by atoms with Crippen LogP contribution in [0.3, 0.4) is 0 Å². The van der Waals surface area contributed by atoms with Crippen molar-refractivity contribution in [3.05, 3.63) is 48.0 Å². The lowest BCUT2D eigenvalue weighted by atomic mass is 10.0. The summed E-state index contributed by atoms with van der Waals surface area (Å²) in [6.07, 6.45) is 2.31. The van der Waals surface area contributed by atoms with Crippen molar-refractivity contribution >= 4 is 12.1 Å². The number of nitrogens with one attached hydrogen (secondary N) is 1. The number of amides is 1. The number of esters is 1. The molecule has 1 N–H and O–H groups in total. The van der Waals surface area contributed by atoms with Gasteiger partial charge in [0.1, 0.15) is 11.6 Å². The molecule has 126 valence electrons. The zero-order valence-electron chi connectivity index (χ0n) is 14.2. The van der Waals surface area contributed by atoms with Gasteiger partial charge in [-0.2, -0.15) is 0 Å². The lowest BCUT2D eigenvalue weighted by molar-refractivity contribution is -0.143. The molecular formula is C18H25NO4. The van der Waals surface area contributed by atoms with Crippen LogP contribution in [0.25, 0.3) is 0 Å². The summed E-state index contributed by atoms with van der Waals surface area (Å²) in [7, 11) is 1.29. The second kappa shape index (κ2) is 8.36. The number of methoxy groups -OCH3 is 1. The minimum Gasteiger partial charge on any atom is -0.467 e. The Bertz CT molecular complexity index is 543. The van der Waals surface area contributed by atoms with E-state index in [1.165, 1.54) is 7.11 Å². The Morgan fingerprint density at radius 1 is 1.22 bits per heavy atom. The van der Waals surface area contributed by atoms with Crippen LogP contribution in [0, 0.1) is 0 Å². The molecule has 23 heavy (non-hydrogen) atoms. The van der Waals surface area contributed by atoms with E-state index in [-0.39, 0.29) is 0 Å². The lowest BCUT2D eigenvalue weighted by Crippen LogP contribution is -2.45. The quantitative estimate of drug-likeness (QED) is 0.646. The molecule has 5 nitrogen and oxygen atoms in total. The number of rotatable bonds is 6. The Morgan fingerprint density at radius 2 is 1.78 bits per heavy atom. The molecule has 1 aromatic carbocycles. The van der Waals surface area contributed by atoms with Gasteiger partial charge in [0.25, 0.3) is 0 Å². The second-order valence-corrected chi connectivity index (χ2v) is 6.24. The van der Waals surface area contributed by atoms with E-state index in [4.69, 9.17) is 9.47 Å². The molecule has 1 rings (SSSR count). The van der Waals surface area contributed by atoms with Gasteiger partial charge in [0.15, 0.2) is 0 Å². The van der Waals surface area contributed by atoms with Crippen LogP contribution in [-0.4, -0.2) is 30.8 Å². The van der Waals surface area contributed by atoms with Gasteiger partial charge < -0.3 is 14.8 Å². The molecule has 0 saturated heterocycles. The molecule has 0 fully saturated rings. The normalized spacial score (nSPS) is 12.2. The first kappa shape index (κ1) is 18.7. The zero-order valence-corrected chi connectivity index (χ0v) is 14.2. The highest BCUT2D eigenvalue weighted by atomic mass is 16.6. The number of alkyl carbamates (subject to hydrolysis) is 1. The van der Waals surface area contributed by atoms with E-state index in [0.717, 1.165) is 17.5 Å². The van der Waals surface area contributed by atoms with Gasteiger partial charge in [-0.3, -0.25) is 0 Å². The van der Waals surface area contributed by atoms with Crippen molar-refractivity contribution in [1.29, 1.82) is 0 Å². The highest BCUT2D eigenvalue weighted by Crippen LogP contribution is 2.11. The molecule has 0 bridgehead atoms. The van der Waals surface area contributed by atoms with Crippen LogP contribution in [-0.2, 0) is 27.1 Å². The summed E-state index contributed by atoms with van der Waals surface area (Å²) in [5.41, 5.74) is 1.43. The number of benzene rings is 1. The van der Waals surface area contributed by atoms with Gasteiger partial charge in [0.2, 0.25) is 0 Å². The van der Waals surface area contributed by atoms with E-state index in [2.05, 4.69) is 11.9 Å². The molecular weight excluding hydrogens is 294 g/mol. The van der Waals surface area contributed by atoms with Crippen molar-refractivity contribution in [1.82, 2.24) is 5.32 Å². The van der Waals surface area contributed by atoms with Crippen LogP contribution >= 0.6 is 0 Å². The van der Waals surface area contributed by atoms with E-state index in [1.807, 2.05) is 30.3 Å². The van der Waals surface area contributed by atoms with Crippen LogP contribution in [0.2, 0.25) is 0 Å². The maximum Gasteiger partial charge on any atom is 0.408 e. The molecule has 0 unspecified atom stereocenters. The Balaban J connectivity index is 2.76. The fourth-order valence-corrected chi connectivity index (χ4v) is 2.00. The van der Waals surface area contributed by atoms with Crippen LogP contribution in [0.1, 0.15) is 31.9 Å². The van der Waals surface area contributed by atoms with Crippen molar-refractivity contribution in [2.24, 2.45) is 0 Å². The van der Waals surface area contributed by atoms with E-state index in [0.29, 0.717) is 6.42 Å². The smallest absolute Gasteiger partial charge is 0.408 e. The van der Waals surface area contributed by atoms with Crippen molar-refractivity contribution in [3.8, 4) is 0 Å². The molecule has 0 spiro atoms. The lowest BCUT2D eigenvalue weighted by Gasteiger charge is -2.22. The van der Waals surface area contributed by atoms with Crippen LogP contribution in [0.15, 0.2) is 36.9 Å². The van der Waals surface area contributed by atoms with Gasteiger partial charge in [0.05, 0.1) is 7.11 Å². The minimum atomic E-state index is -0.792. The van der Waals surface area contributed by atoms with E-state index >= 15 is 0 Å². The van der Waals surface area contributed by atoms with Crippen molar-refractivity contribution in [3.63, 3.8) is 0 Å². The Hall–Kier alpha value is -2.30. The Kier molecular flexibility index (Phi) is 6.82. The zero-order chi connectivity index (χ0) is 17.5. The predicted octanol–water partition coefficient (Wildman–Crippen LogP) is 3.02. The molecule has 0 aliphatic heterocycles. The number of carbonyl (C=O) groups excluding carboxylic acids is 2. The van der Waals surface area contributed by atoms with E-state index < -0.39 is 23.7 Å². The monoisotopic (exact) mass is 319 g/mol. The molecule has 0 aliphatic carbocycles. The summed E-state index contributed by atoms with van der Waals surface area (Å²) in [5, 5.41) is 2.56. The molecule has 0 saturated carbocycles. The average Bonchev–Trinajstić information content (AvgIpc) is 2.46. The largest absolute Gasteiger partial charge is 0.467 e. The minimum absolute atomic E-state index is 0.334. The highest BCUT2D eigenvalue weighted by molar-refractivity contribution is 5.81. The Morgan fingerprint density at radius 3 is 2.26 bits per heavy atom. The van der Waals surface area contributed by atoms with Gasteiger partial charge in [0, 0.05) is 6.42 Å². The summed E-state index contributed by atoms with van der Waals surface area (Å²) in [6, 6.07) is 6.99. The van der Waals surface area contributed by atoms with Gasteiger partial charge in [-0.15, -0.1) is 6.58 Å². The van der Waals surface area contributed by atoms with Crippen molar-refractivity contribution in [2.75, 3.05) is 7.11 Å². The summed E-state index contributed by atoms with van der Waals surface area (Å²) in [6.45, 7) is 8.99. The molecule has 1 amide bonds. The average molecular weight is 319 g/mol. The summed E-state index contributed by atoms with van der Waals surface area (Å²) in [5.74, 6) is -0.508. The number of ether oxygens (including phenoxy) is 2. The van der Waals surface area contributed by atoms with Gasteiger partial charge in [-0.1, -0.05) is 30.3 Å². The molecule has 0 radical (unpaired) electrons. The molecule has 1 aromatic rings. The van der Waals surface area contributed by atoms with E-state index in [1.54, 1.807) is 20.8 Å². The maximum absolute atomic E-state index is 11.9. The fourth-order valence-electron chi connectivity index (χ4n) is 2.00. The second-order valence-electron chi connectivity index (χ2n) is 6.24. The third-order valence-corrected chi connectivity index (χ3v) is 3.02. The third kappa shape index (κ3) is 7.00. The van der Waals surface area contributed by atoms with Crippen LogP contribution in [0.5, 0.6) is 0 Å². The fraction of sp³-hybridized carbons (Fsp3) is 0.444. The first-order valence-corrected chi connectivity index (χ1v) is 7.51. The standard InChI is InChI=1S/C18H25NO4/c1-6-7-13-8-10-14(11-9-13)12-15(16(20)22-5)19-17(21)23-18(2,3)4/h6,8-11,15H,1,7,12H2,2-5H3,(H,19,21)/t15-/m0/s1. The SMILES string of the molecule is C=CCc1ccc(C[C@H](NC(=O)OC(C)(C)C)C(=O)OC)cc1. The molecule has 0 aliphatic rings. The van der Waals surface area contributed by atoms with Gasteiger partial charge in [-0.25, -0.2) is 9.59 Å². The number of hydrogen-bond acceptors (Lipinski definition) is 4. The highest BCUT2D eigenvalue weighted by Gasteiger charge is 2.25.